The summed E-state index contributed by atoms with van der Waals surface area (Å²) in [5.74, 6) is 0.619. The van der Waals surface area contributed by atoms with Crippen LogP contribution in [-0.4, -0.2) is 13.1 Å². The van der Waals surface area contributed by atoms with E-state index in [0.717, 1.165) is 22.6 Å². The van der Waals surface area contributed by atoms with E-state index in [1.165, 1.54) is 17.7 Å². The summed E-state index contributed by atoms with van der Waals surface area (Å²) in [4.78, 5) is 2.43. The van der Waals surface area contributed by atoms with Crippen molar-refractivity contribution in [2.24, 2.45) is 0 Å². The van der Waals surface area contributed by atoms with E-state index in [1.54, 1.807) is 0 Å². The van der Waals surface area contributed by atoms with E-state index in [0.29, 0.717) is 5.92 Å². The van der Waals surface area contributed by atoms with E-state index in [2.05, 4.69) is 57.2 Å². The molecule has 1 nitrogen and oxygen atoms in total. The van der Waals surface area contributed by atoms with Gasteiger partial charge in [0.2, 0.25) is 0 Å². The molecular formula is C16H15BrClN. The number of benzene rings is 2. The predicted molar refractivity (Wildman–Crippen MR) is 85.2 cm³/mol. The SMILES string of the molecule is Clc1ccc(N2CCC(c3cccc(Br)c3)C2)cc1. The number of nitrogens with zero attached hydrogens (tertiary/aromatic N) is 1. The molecule has 1 saturated heterocycles. The molecule has 0 aromatic heterocycles. The molecule has 0 amide bonds. The van der Waals surface area contributed by atoms with Gasteiger partial charge in [-0.25, -0.2) is 0 Å². The fourth-order valence-corrected chi connectivity index (χ4v) is 3.22. The smallest absolute Gasteiger partial charge is 0.0407 e. The summed E-state index contributed by atoms with van der Waals surface area (Å²) in [6, 6.07) is 16.8. The number of rotatable bonds is 2. The van der Waals surface area contributed by atoms with Crippen molar-refractivity contribution in [2.45, 2.75) is 12.3 Å². The first-order chi connectivity index (χ1) is 9.22. The van der Waals surface area contributed by atoms with Crippen LogP contribution in [0.25, 0.3) is 0 Å². The van der Waals surface area contributed by atoms with Gasteiger partial charge in [0.15, 0.2) is 0 Å². The van der Waals surface area contributed by atoms with E-state index >= 15 is 0 Å². The molecule has 1 heterocycles. The largest absolute Gasteiger partial charge is 0.371 e. The summed E-state index contributed by atoms with van der Waals surface area (Å²) >= 11 is 9.49. The highest BCUT2D eigenvalue weighted by Gasteiger charge is 2.24. The average Bonchev–Trinajstić information content (AvgIpc) is 2.89. The van der Waals surface area contributed by atoms with Crippen LogP contribution in [0.15, 0.2) is 53.0 Å². The van der Waals surface area contributed by atoms with Crippen molar-refractivity contribution in [3.63, 3.8) is 0 Å². The van der Waals surface area contributed by atoms with Crippen LogP contribution in [-0.2, 0) is 0 Å². The van der Waals surface area contributed by atoms with Gasteiger partial charge in [0.05, 0.1) is 0 Å². The Bertz CT molecular complexity index is 567. The van der Waals surface area contributed by atoms with Gasteiger partial charge in [-0.05, 0) is 48.4 Å². The number of anilines is 1. The van der Waals surface area contributed by atoms with Gasteiger partial charge in [-0.3, -0.25) is 0 Å². The fourth-order valence-electron chi connectivity index (χ4n) is 2.68. The Balaban J connectivity index is 1.75. The van der Waals surface area contributed by atoms with Crippen molar-refractivity contribution < 1.29 is 0 Å². The molecule has 2 aromatic rings. The first-order valence-electron chi connectivity index (χ1n) is 6.48. The van der Waals surface area contributed by atoms with Crippen LogP contribution < -0.4 is 4.90 Å². The van der Waals surface area contributed by atoms with Gasteiger partial charge >= 0.3 is 0 Å². The van der Waals surface area contributed by atoms with Crippen LogP contribution in [0.5, 0.6) is 0 Å². The molecule has 0 radical (unpaired) electrons. The van der Waals surface area contributed by atoms with Crippen molar-refractivity contribution in [2.75, 3.05) is 18.0 Å². The summed E-state index contributed by atoms with van der Waals surface area (Å²) < 4.78 is 1.16. The summed E-state index contributed by atoms with van der Waals surface area (Å²) in [6.45, 7) is 2.19. The van der Waals surface area contributed by atoms with Crippen molar-refractivity contribution in [3.05, 3.63) is 63.6 Å². The molecule has 1 unspecified atom stereocenters. The van der Waals surface area contributed by atoms with Crippen LogP contribution in [0.4, 0.5) is 5.69 Å². The molecule has 0 bridgehead atoms. The van der Waals surface area contributed by atoms with Crippen LogP contribution in [0.3, 0.4) is 0 Å². The summed E-state index contributed by atoms with van der Waals surface area (Å²) in [5, 5.41) is 0.798. The van der Waals surface area contributed by atoms with Gasteiger partial charge in [-0.1, -0.05) is 39.7 Å². The van der Waals surface area contributed by atoms with Crippen molar-refractivity contribution in [3.8, 4) is 0 Å². The minimum atomic E-state index is 0.619. The number of hydrogen-bond donors (Lipinski definition) is 0. The standard InChI is InChI=1S/C16H15BrClN/c17-14-3-1-2-12(10-14)13-8-9-19(11-13)16-6-4-15(18)5-7-16/h1-7,10,13H,8-9,11H2. The van der Waals surface area contributed by atoms with E-state index in [1.807, 2.05) is 12.1 Å². The molecule has 2 aromatic carbocycles. The maximum atomic E-state index is 5.94. The Labute approximate surface area is 127 Å². The fraction of sp³-hybridized carbons (Fsp3) is 0.250. The first kappa shape index (κ1) is 13.0. The molecule has 0 spiro atoms. The van der Waals surface area contributed by atoms with Crippen LogP contribution >= 0.6 is 27.5 Å². The van der Waals surface area contributed by atoms with Crippen LogP contribution in [0.2, 0.25) is 5.02 Å². The third kappa shape index (κ3) is 2.96. The molecule has 3 rings (SSSR count). The molecule has 1 atom stereocenters. The summed E-state index contributed by atoms with van der Waals surface area (Å²) in [5.41, 5.74) is 2.69. The summed E-state index contributed by atoms with van der Waals surface area (Å²) in [6.07, 6.45) is 1.21. The maximum Gasteiger partial charge on any atom is 0.0407 e. The lowest BCUT2D eigenvalue weighted by Crippen LogP contribution is -2.18. The Morgan fingerprint density at radius 2 is 1.89 bits per heavy atom. The zero-order valence-corrected chi connectivity index (χ0v) is 12.9. The molecule has 1 aliphatic heterocycles. The third-order valence-corrected chi connectivity index (χ3v) is 4.45. The minimum absolute atomic E-state index is 0.619. The second-order valence-electron chi connectivity index (χ2n) is 4.96. The highest BCUT2D eigenvalue weighted by Crippen LogP contribution is 2.32. The van der Waals surface area contributed by atoms with E-state index in [9.17, 15) is 0 Å². The molecule has 98 valence electrons. The zero-order chi connectivity index (χ0) is 13.2. The molecule has 0 N–H and O–H groups in total. The molecule has 0 saturated carbocycles. The minimum Gasteiger partial charge on any atom is -0.371 e. The molecule has 3 heteroatoms. The Kier molecular flexibility index (Phi) is 3.81. The Hall–Kier alpha value is -0.990. The lowest BCUT2D eigenvalue weighted by Gasteiger charge is -2.19. The Morgan fingerprint density at radius 1 is 1.11 bits per heavy atom. The normalized spacial score (nSPS) is 18.8. The first-order valence-corrected chi connectivity index (χ1v) is 7.65. The highest BCUT2D eigenvalue weighted by molar-refractivity contribution is 9.10. The van der Waals surface area contributed by atoms with Crippen molar-refractivity contribution in [1.82, 2.24) is 0 Å². The van der Waals surface area contributed by atoms with E-state index < -0.39 is 0 Å². The summed E-state index contributed by atoms with van der Waals surface area (Å²) in [7, 11) is 0. The Morgan fingerprint density at radius 3 is 2.63 bits per heavy atom. The van der Waals surface area contributed by atoms with E-state index in [4.69, 9.17) is 11.6 Å². The zero-order valence-electron chi connectivity index (χ0n) is 10.5. The van der Waals surface area contributed by atoms with Gasteiger partial charge in [-0.15, -0.1) is 0 Å². The molecule has 0 aliphatic carbocycles. The average molecular weight is 337 g/mol. The molecule has 1 aliphatic rings. The lowest BCUT2D eigenvalue weighted by atomic mass is 9.99. The molecule has 19 heavy (non-hydrogen) atoms. The van der Waals surface area contributed by atoms with Crippen molar-refractivity contribution >= 4 is 33.2 Å². The van der Waals surface area contributed by atoms with Gasteiger partial charge in [0, 0.05) is 34.2 Å². The quantitative estimate of drug-likeness (QED) is 0.738. The van der Waals surface area contributed by atoms with Crippen molar-refractivity contribution in [1.29, 1.82) is 0 Å². The van der Waals surface area contributed by atoms with Gasteiger partial charge in [0.1, 0.15) is 0 Å². The second-order valence-corrected chi connectivity index (χ2v) is 6.32. The van der Waals surface area contributed by atoms with E-state index in [-0.39, 0.29) is 0 Å². The predicted octanol–water partition coefficient (Wildman–Crippen LogP) is 5.10. The third-order valence-electron chi connectivity index (χ3n) is 3.70. The van der Waals surface area contributed by atoms with Crippen LogP contribution in [0.1, 0.15) is 17.9 Å². The lowest BCUT2D eigenvalue weighted by molar-refractivity contribution is 0.774. The monoisotopic (exact) mass is 335 g/mol. The maximum absolute atomic E-state index is 5.94. The number of hydrogen-bond acceptors (Lipinski definition) is 1. The van der Waals surface area contributed by atoms with Gasteiger partial charge in [-0.2, -0.15) is 0 Å². The molecular weight excluding hydrogens is 322 g/mol. The molecule has 1 fully saturated rings. The number of halogens is 2. The van der Waals surface area contributed by atoms with Gasteiger partial charge < -0.3 is 4.90 Å². The second kappa shape index (κ2) is 5.56. The van der Waals surface area contributed by atoms with Crippen LogP contribution in [0, 0.1) is 0 Å². The highest BCUT2D eigenvalue weighted by atomic mass is 79.9. The topological polar surface area (TPSA) is 3.24 Å². The van der Waals surface area contributed by atoms with Gasteiger partial charge in [0.25, 0.3) is 0 Å².